The highest BCUT2D eigenvalue weighted by molar-refractivity contribution is 7.92. The van der Waals surface area contributed by atoms with Gasteiger partial charge in [-0.1, -0.05) is 42.5 Å². The molecule has 0 aliphatic heterocycles. The Kier molecular flexibility index (Phi) is 8.09. The number of para-hydroxylation sites is 1. The molecule has 0 saturated carbocycles. The van der Waals surface area contributed by atoms with Crippen LogP contribution in [-0.2, 0) is 16.6 Å². The number of anilines is 2. The lowest BCUT2D eigenvalue weighted by atomic mass is 10.1. The minimum Gasteiger partial charge on any atom is -0.349 e. The number of nitrogens with zero attached hydrogens (tertiary/aromatic N) is 1. The topological polar surface area (TPSA) is 95.6 Å². The number of nitrogens with one attached hydrogen (secondary N) is 2. The molecular formula is C27H29N3O4S. The van der Waals surface area contributed by atoms with Crippen LogP contribution in [0.5, 0.6) is 0 Å². The summed E-state index contributed by atoms with van der Waals surface area (Å²) >= 11 is 0. The first-order valence-electron chi connectivity index (χ1n) is 11.0. The molecule has 0 spiro atoms. The molecule has 182 valence electrons. The molecule has 0 aromatic heterocycles. The van der Waals surface area contributed by atoms with E-state index in [0.29, 0.717) is 29.0 Å². The molecule has 0 radical (unpaired) electrons. The van der Waals surface area contributed by atoms with E-state index in [1.807, 2.05) is 32.0 Å². The normalized spacial score (nSPS) is 10.9. The summed E-state index contributed by atoms with van der Waals surface area (Å²) in [5, 5.41) is 5.47. The smallest absolute Gasteiger partial charge is 0.255 e. The molecule has 0 bridgehead atoms. The fraction of sp³-hybridized carbons (Fsp3) is 0.185. The third-order valence-electron chi connectivity index (χ3n) is 5.40. The van der Waals surface area contributed by atoms with E-state index in [1.165, 1.54) is 10.6 Å². The van der Waals surface area contributed by atoms with Gasteiger partial charge in [-0.15, -0.1) is 6.58 Å². The first-order valence-corrected chi connectivity index (χ1v) is 12.9. The number of hydrogen-bond acceptors (Lipinski definition) is 4. The van der Waals surface area contributed by atoms with Crippen molar-refractivity contribution < 1.29 is 18.0 Å². The average molecular weight is 492 g/mol. The molecule has 0 atom stereocenters. The summed E-state index contributed by atoms with van der Waals surface area (Å²) in [6, 6.07) is 19.1. The highest BCUT2D eigenvalue weighted by Gasteiger charge is 2.20. The van der Waals surface area contributed by atoms with Crippen LogP contribution in [0.2, 0.25) is 0 Å². The second-order valence-corrected chi connectivity index (χ2v) is 10.2. The van der Waals surface area contributed by atoms with Gasteiger partial charge in [-0.05, 0) is 60.9 Å². The predicted octanol–water partition coefficient (Wildman–Crippen LogP) is 4.44. The van der Waals surface area contributed by atoms with Crippen LogP contribution in [0.3, 0.4) is 0 Å². The molecule has 35 heavy (non-hydrogen) atoms. The van der Waals surface area contributed by atoms with Crippen LogP contribution < -0.4 is 14.9 Å². The second kappa shape index (κ2) is 11.0. The molecule has 3 rings (SSSR count). The molecule has 0 saturated heterocycles. The zero-order valence-corrected chi connectivity index (χ0v) is 20.9. The first-order chi connectivity index (χ1) is 16.6. The number of rotatable bonds is 9. The van der Waals surface area contributed by atoms with Crippen molar-refractivity contribution in [2.75, 3.05) is 22.4 Å². The maximum Gasteiger partial charge on any atom is 0.255 e. The van der Waals surface area contributed by atoms with Gasteiger partial charge in [0, 0.05) is 12.1 Å². The predicted molar refractivity (Wildman–Crippen MR) is 140 cm³/mol. The lowest BCUT2D eigenvalue weighted by Gasteiger charge is -2.25. The molecule has 2 N–H and O–H groups in total. The molecule has 0 aliphatic rings. The second-order valence-electron chi connectivity index (χ2n) is 8.25. The summed E-state index contributed by atoms with van der Waals surface area (Å²) in [5.74, 6) is -0.696. The van der Waals surface area contributed by atoms with E-state index in [2.05, 4.69) is 17.2 Å². The summed E-state index contributed by atoms with van der Waals surface area (Å²) in [7, 11) is -3.53. The van der Waals surface area contributed by atoms with Crippen LogP contribution in [0.15, 0.2) is 79.4 Å². The van der Waals surface area contributed by atoms with E-state index < -0.39 is 10.0 Å². The van der Waals surface area contributed by atoms with Gasteiger partial charge in [-0.3, -0.25) is 13.9 Å². The average Bonchev–Trinajstić information content (AvgIpc) is 2.82. The van der Waals surface area contributed by atoms with E-state index >= 15 is 0 Å². The summed E-state index contributed by atoms with van der Waals surface area (Å²) in [6.45, 7) is 7.82. The minimum atomic E-state index is -3.53. The fourth-order valence-corrected chi connectivity index (χ4v) is 4.48. The van der Waals surface area contributed by atoms with Crippen molar-refractivity contribution in [1.82, 2.24) is 5.32 Å². The van der Waals surface area contributed by atoms with Crippen LogP contribution in [0.1, 0.15) is 37.4 Å². The molecule has 0 unspecified atom stereocenters. The third-order valence-corrected chi connectivity index (χ3v) is 6.53. The van der Waals surface area contributed by atoms with Crippen molar-refractivity contribution in [2.24, 2.45) is 0 Å². The number of benzene rings is 3. The summed E-state index contributed by atoms with van der Waals surface area (Å²) in [5.41, 5.74) is 4.29. The van der Waals surface area contributed by atoms with E-state index in [9.17, 15) is 18.0 Å². The number of aryl methyl sites for hydroxylation is 2. The van der Waals surface area contributed by atoms with Gasteiger partial charge in [0.25, 0.3) is 11.8 Å². The van der Waals surface area contributed by atoms with E-state index in [-0.39, 0.29) is 18.4 Å². The van der Waals surface area contributed by atoms with Gasteiger partial charge in [0.1, 0.15) is 0 Å². The van der Waals surface area contributed by atoms with Crippen molar-refractivity contribution in [3.63, 3.8) is 0 Å². The highest BCUT2D eigenvalue weighted by atomic mass is 32.2. The lowest BCUT2D eigenvalue weighted by molar-refractivity contribution is 0.0959. The summed E-state index contributed by atoms with van der Waals surface area (Å²) in [6.07, 6.45) is 2.76. The molecule has 7 nitrogen and oxygen atoms in total. The maximum atomic E-state index is 12.8. The van der Waals surface area contributed by atoms with Gasteiger partial charge in [-0.2, -0.15) is 0 Å². The molecular weight excluding hydrogens is 462 g/mol. The highest BCUT2D eigenvalue weighted by Crippen LogP contribution is 2.26. The lowest BCUT2D eigenvalue weighted by Crippen LogP contribution is -2.30. The molecule has 0 heterocycles. The molecule has 3 aromatic rings. The fourth-order valence-electron chi connectivity index (χ4n) is 3.54. The Balaban J connectivity index is 1.79. The zero-order chi connectivity index (χ0) is 25.6. The van der Waals surface area contributed by atoms with E-state index in [0.717, 1.165) is 16.7 Å². The SMILES string of the molecule is C=CCNC(=O)c1ccccc1NC(=O)c1ccc(CN(c2cc(C)ccc2C)S(C)(=O)=O)cc1. The zero-order valence-electron chi connectivity index (χ0n) is 20.0. The monoisotopic (exact) mass is 491 g/mol. The largest absolute Gasteiger partial charge is 0.349 e. The Morgan fingerprint density at radius 3 is 2.31 bits per heavy atom. The Hall–Kier alpha value is -3.91. The van der Waals surface area contributed by atoms with Crippen molar-refractivity contribution in [3.8, 4) is 0 Å². The number of carbonyl (C=O) groups excluding carboxylic acids is 2. The minimum absolute atomic E-state index is 0.136. The van der Waals surface area contributed by atoms with E-state index in [1.54, 1.807) is 54.6 Å². The van der Waals surface area contributed by atoms with Gasteiger partial charge in [-0.25, -0.2) is 8.42 Å². The number of carbonyl (C=O) groups is 2. The van der Waals surface area contributed by atoms with Crippen LogP contribution in [0.4, 0.5) is 11.4 Å². The van der Waals surface area contributed by atoms with Crippen LogP contribution in [-0.4, -0.2) is 33.0 Å². The van der Waals surface area contributed by atoms with Crippen LogP contribution in [0.25, 0.3) is 0 Å². The van der Waals surface area contributed by atoms with Gasteiger partial charge >= 0.3 is 0 Å². The van der Waals surface area contributed by atoms with Crippen molar-refractivity contribution >= 4 is 33.2 Å². The molecule has 8 heteroatoms. The van der Waals surface area contributed by atoms with Crippen LogP contribution >= 0.6 is 0 Å². The number of sulfonamides is 1. The van der Waals surface area contributed by atoms with Gasteiger partial charge in [0.2, 0.25) is 10.0 Å². The molecule has 2 amide bonds. The number of amides is 2. The van der Waals surface area contributed by atoms with Crippen molar-refractivity contribution in [2.45, 2.75) is 20.4 Å². The first kappa shape index (κ1) is 25.7. The maximum absolute atomic E-state index is 12.8. The summed E-state index contributed by atoms with van der Waals surface area (Å²) in [4.78, 5) is 25.2. The Labute approximate surface area is 206 Å². The van der Waals surface area contributed by atoms with Crippen LogP contribution in [0, 0.1) is 13.8 Å². The summed E-state index contributed by atoms with van der Waals surface area (Å²) < 4.78 is 26.5. The molecule has 0 fully saturated rings. The number of hydrogen-bond donors (Lipinski definition) is 2. The third kappa shape index (κ3) is 6.58. The molecule has 0 aliphatic carbocycles. The Morgan fingerprint density at radius 1 is 0.971 bits per heavy atom. The quantitative estimate of drug-likeness (QED) is 0.433. The van der Waals surface area contributed by atoms with Gasteiger partial charge in [0.05, 0.1) is 29.7 Å². The Bertz CT molecular complexity index is 1350. The Morgan fingerprint density at radius 2 is 1.66 bits per heavy atom. The molecule has 3 aromatic carbocycles. The standard InChI is InChI=1S/C27H29N3O4S/c1-5-16-28-27(32)23-8-6-7-9-24(23)29-26(31)22-14-12-21(13-15-22)18-30(35(4,33)34)25-17-19(2)10-11-20(25)3/h5-15,17H,1,16,18H2,2-4H3,(H,28,32)(H,29,31). The van der Waals surface area contributed by atoms with Crippen molar-refractivity contribution in [3.05, 3.63) is 107 Å². The van der Waals surface area contributed by atoms with Crippen molar-refractivity contribution in [1.29, 1.82) is 0 Å². The van der Waals surface area contributed by atoms with Gasteiger partial charge < -0.3 is 10.6 Å². The van der Waals surface area contributed by atoms with E-state index in [4.69, 9.17) is 0 Å². The van der Waals surface area contributed by atoms with Gasteiger partial charge in [0.15, 0.2) is 0 Å².